The van der Waals surface area contributed by atoms with E-state index in [0.29, 0.717) is 5.57 Å². The molecule has 1 aromatic rings. The van der Waals surface area contributed by atoms with Gasteiger partial charge in [0, 0.05) is 5.57 Å². The quantitative estimate of drug-likeness (QED) is 0.475. The number of ether oxygens (including phenoxy) is 2. The van der Waals surface area contributed by atoms with Gasteiger partial charge < -0.3 is 14.6 Å². The zero-order valence-electron chi connectivity index (χ0n) is 17.2. The summed E-state index contributed by atoms with van der Waals surface area (Å²) in [7, 11) is 1.70. The van der Waals surface area contributed by atoms with Gasteiger partial charge in [0.2, 0.25) is 0 Å². The summed E-state index contributed by atoms with van der Waals surface area (Å²) < 4.78 is 11.8. The summed E-state index contributed by atoms with van der Waals surface area (Å²) in [6.07, 6.45) is 9.65. The largest absolute Gasteiger partial charge is 0.497 e. The molecule has 0 fully saturated rings. The number of benzene rings is 1. The number of hydrogen-bond donors (Lipinski definition) is 1. The highest BCUT2D eigenvalue weighted by Gasteiger charge is 2.32. The molecule has 0 aromatic heterocycles. The molecule has 0 amide bonds. The number of methoxy groups -OCH3 is 1. The lowest BCUT2D eigenvalue weighted by Gasteiger charge is -2.37. The molecule has 1 aliphatic heterocycles. The highest BCUT2D eigenvalue weighted by Crippen LogP contribution is 2.40. The molecule has 0 radical (unpaired) electrons. The van der Waals surface area contributed by atoms with Gasteiger partial charge >= 0.3 is 5.97 Å². The number of carboxylic acid groups (broad SMARTS) is 1. The van der Waals surface area contributed by atoms with Gasteiger partial charge in [-0.05, 0) is 89.5 Å². The maximum atomic E-state index is 10.8. The zero-order valence-corrected chi connectivity index (χ0v) is 17.2. The van der Waals surface area contributed by atoms with Crippen LogP contribution in [0.1, 0.15) is 64.0 Å². The fourth-order valence-corrected chi connectivity index (χ4v) is 3.46. The minimum atomic E-state index is -0.841. The number of fused-ring (bicyclic) bond motifs is 1. The summed E-state index contributed by atoms with van der Waals surface area (Å²) in [5, 5.41) is 8.88. The summed E-state index contributed by atoms with van der Waals surface area (Å²) in [5.41, 5.74) is 3.92. The fraction of sp³-hybridized carbons (Fsp3) is 0.522. The molecule has 4 heteroatoms. The summed E-state index contributed by atoms with van der Waals surface area (Å²) in [6.45, 7) is 8.02. The number of carboxylic acids is 1. The molecule has 0 unspecified atom stereocenters. The molecule has 4 nitrogen and oxygen atoms in total. The summed E-state index contributed by atoms with van der Waals surface area (Å²) >= 11 is 0. The Kier molecular flexibility index (Phi) is 7.11. The van der Waals surface area contributed by atoms with Crippen molar-refractivity contribution in [3.05, 3.63) is 46.6 Å². The molecular formula is C23H32O4. The average molecular weight is 373 g/mol. The van der Waals surface area contributed by atoms with E-state index in [-0.39, 0.29) is 5.60 Å². The van der Waals surface area contributed by atoms with Gasteiger partial charge in [-0.1, -0.05) is 17.7 Å². The highest BCUT2D eigenvalue weighted by atomic mass is 16.5. The normalized spacial score (nSPS) is 20.0. The number of allylic oxidation sites excluding steroid dienone is 3. The maximum absolute atomic E-state index is 10.8. The monoisotopic (exact) mass is 372 g/mol. The molecule has 1 heterocycles. The van der Waals surface area contributed by atoms with Crippen LogP contribution < -0.4 is 9.47 Å². The van der Waals surface area contributed by atoms with E-state index >= 15 is 0 Å². The third-order valence-electron chi connectivity index (χ3n) is 5.32. The molecule has 1 aliphatic rings. The van der Waals surface area contributed by atoms with E-state index in [4.69, 9.17) is 14.6 Å². The van der Waals surface area contributed by atoms with E-state index in [0.717, 1.165) is 55.6 Å². The molecule has 2 rings (SSSR count). The van der Waals surface area contributed by atoms with Gasteiger partial charge in [0.05, 0.1) is 7.11 Å². The number of carbonyl (C=O) groups is 1. The Hall–Kier alpha value is -2.23. The van der Waals surface area contributed by atoms with E-state index in [2.05, 4.69) is 32.9 Å². The van der Waals surface area contributed by atoms with E-state index in [1.54, 1.807) is 20.1 Å². The Bertz CT molecular complexity index is 745. The first-order chi connectivity index (χ1) is 12.7. The van der Waals surface area contributed by atoms with Gasteiger partial charge in [0.1, 0.15) is 17.1 Å². The summed E-state index contributed by atoms with van der Waals surface area (Å²) in [4.78, 5) is 10.8. The zero-order chi connectivity index (χ0) is 20.0. The van der Waals surface area contributed by atoms with Crippen LogP contribution in [0.3, 0.4) is 0 Å². The van der Waals surface area contributed by atoms with Gasteiger partial charge in [-0.2, -0.15) is 0 Å². The van der Waals surface area contributed by atoms with Crippen LogP contribution in [0.5, 0.6) is 11.5 Å². The molecule has 0 spiro atoms. The molecule has 0 saturated heterocycles. The van der Waals surface area contributed by atoms with Crippen molar-refractivity contribution in [2.45, 2.75) is 71.8 Å². The topological polar surface area (TPSA) is 55.8 Å². The third kappa shape index (κ3) is 5.88. The van der Waals surface area contributed by atoms with Gasteiger partial charge in [-0.15, -0.1) is 0 Å². The van der Waals surface area contributed by atoms with Crippen molar-refractivity contribution < 1.29 is 19.4 Å². The SMILES string of the molecule is COc1cc(C)c2c(c1)CC[C@@](C)(CC/C=C(\C)CC/C=C(\C)C(=O)O)O2. The van der Waals surface area contributed by atoms with Crippen LogP contribution in [0.15, 0.2) is 35.4 Å². The molecule has 27 heavy (non-hydrogen) atoms. The standard InChI is InChI=1S/C23H32O4/c1-16(8-6-10-17(2)22(24)25)9-7-12-23(4)13-11-19-15-20(26-5)14-18(3)21(19)27-23/h9-10,14-15H,6-8,11-13H2,1-5H3,(H,24,25)/b16-9+,17-10+/t23-/m1/s1. The summed E-state index contributed by atoms with van der Waals surface area (Å²) in [5.74, 6) is 1.07. The van der Waals surface area contributed by atoms with Crippen molar-refractivity contribution in [1.29, 1.82) is 0 Å². The molecular weight excluding hydrogens is 340 g/mol. The predicted octanol–water partition coefficient (Wildman–Crippen LogP) is 5.62. The molecule has 0 saturated carbocycles. The van der Waals surface area contributed by atoms with Crippen molar-refractivity contribution in [1.82, 2.24) is 0 Å². The van der Waals surface area contributed by atoms with E-state index in [1.165, 1.54) is 11.1 Å². The lowest BCUT2D eigenvalue weighted by atomic mass is 9.87. The van der Waals surface area contributed by atoms with Crippen molar-refractivity contribution in [3.8, 4) is 11.5 Å². The van der Waals surface area contributed by atoms with E-state index in [9.17, 15) is 4.79 Å². The van der Waals surface area contributed by atoms with Crippen molar-refractivity contribution >= 4 is 5.97 Å². The fourth-order valence-electron chi connectivity index (χ4n) is 3.46. The van der Waals surface area contributed by atoms with Gasteiger partial charge in [0.25, 0.3) is 0 Å². The molecule has 0 aliphatic carbocycles. The van der Waals surface area contributed by atoms with Crippen molar-refractivity contribution in [3.63, 3.8) is 0 Å². The van der Waals surface area contributed by atoms with Crippen LogP contribution in [0, 0.1) is 6.92 Å². The number of rotatable bonds is 8. The number of aliphatic carboxylic acids is 1. The molecule has 148 valence electrons. The van der Waals surface area contributed by atoms with Crippen LogP contribution in [-0.2, 0) is 11.2 Å². The first-order valence-corrected chi connectivity index (χ1v) is 9.66. The van der Waals surface area contributed by atoms with E-state index in [1.807, 2.05) is 6.07 Å². The minimum Gasteiger partial charge on any atom is -0.497 e. The van der Waals surface area contributed by atoms with Crippen LogP contribution in [-0.4, -0.2) is 23.8 Å². The van der Waals surface area contributed by atoms with Crippen LogP contribution in [0.25, 0.3) is 0 Å². The number of hydrogen-bond acceptors (Lipinski definition) is 3. The number of aryl methyl sites for hydroxylation is 2. The second-order valence-electron chi connectivity index (χ2n) is 7.80. The maximum Gasteiger partial charge on any atom is 0.330 e. The minimum absolute atomic E-state index is 0.150. The Morgan fingerprint density at radius 2 is 2.04 bits per heavy atom. The lowest BCUT2D eigenvalue weighted by Crippen LogP contribution is -2.36. The lowest BCUT2D eigenvalue weighted by molar-refractivity contribution is -0.132. The van der Waals surface area contributed by atoms with Crippen LogP contribution in [0.4, 0.5) is 0 Å². The van der Waals surface area contributed by atoms with Crippen LogP contribution in [0.2, 0.25) is 0 Å². The van der Waals surface area contributed by atoms with E-state index < -0.39 is 5.97 Å². The second-order valence-corrected chi connectivity index (χ2v) is 7.80. The van der Waals surface area contributed by atoms with Gasteiger partial charge in [0.15, 0.2) is 0 Å². The molecule has 1 N–H and O–H groups in total. The first-order valence-electron chi connectivity index (χ1n) is 9.66. The van der Waals surface area contributed by atoms with Crippen molar-refractivity contribution in [2.75, 3.05) is 7.11 Å². The molecule has 1 aromatic carbocycles. The van der Waals surface area contributed by atoms with Crippen LogP contribution >= 0.6 is 0 Å². The van der Waals surface area contributed by atoms with Crippen molar-refractivity contribution in [2.24, 2.45) is 0 Å². The predicted molar refractivity (Wildman–Crippen MR) is 109 cm³/mol. The Labute approximate surface area is 162 Å². The molecule has 0 bridgehead atoms. The highest BCUT2D eigenvalue weighted by molar-refractivity contribution is 5.85. The second kappa shape index (κ2) is 9.12. The average Bonchev–Trinajstić information content (AvgIpc) is 2.62. The van der Waals surface area contributed by atoms with Gasteiger partial charge in [-0.25, -0.2) is 4.79 Å². The molecule has 1 atom stereocenters. The Balaban J connectivity index is 1.91. The smallest absolute Gasteiger partial charge is 0.330 e. The van der Waals surface area contributed by atoms with Gasteiger partial charge in [-0.3, -0.25) is 0 Å². The Morgan fingerprint density at radius 1 is 1.30 bits per heavy atom. The Morgan fingerprint density at radius 3 is 2.70 bits per heavy atom. The third-order valence-corrected chi connectivity index (χ3v) is 5.32. The summed E-state index contributed by atoms with van der Waals surface area (Å²) in [6, 6.07) is 4.11. The first kappa shape index (κ1) is 21.1.